The molecule has 2 aromatic carbocycles. The summed E-state index contributed by atoms with van der Waals surface area (Å²) in [5.74, 6) is 0.132. The number of anilines is 1. The summed E-state index contributed by atoms with van der Waals surface area (Å²) in [5.41, 5.74) is 1.62. The largest absolute Gasteiger partial charge is 0.505 e. The van der Waals surface area contributed by atoms with Crippen molar-refractivity contribution in [1.29, 1.82) is 5.26 Å². The lowest BCUT2D eigenvalue weighted by Gasteiger charge is -2.33. The number of amides is 1. The van der Waals surface area contributed by atoms with Crippen molar-refractivity contribution < 1.29 is 9.90 Å². The van der Waals surface area contributed by atoms with Gasteiger partial charge >= 0.3 is 0 Å². The number of nitrogens with zero attached hydrogens (tertiary/aromatic N) is 4. The number of phenolic OH excluding ortho intramolecular Hbond substituents is 1. The van der Waals surface area contributed by atoms with E-state index in [1.54, 1.807) is 67.8 Å². The van der Waals surface area contributed by atoms with Crippen molar-refractivity contribution in [2.75, 3.05) is 4.90 Å². The Morgan fingerprint density at radius 1 is 1.06 bits per heavy atom. The van der Waals surface area contributed by atoms with Gasteiger partial charge in [0.2, 0.25) is 5.91 Å². The van der Waals surface area contributed by atoms with Crippen LogP contribution in [-0.2, 0) is 4.79 Å². The van der Waals surface area contributed by atoms with E-state index < -0.39 is 6.04 Å². The minimum atomic E-state index is -0.829. The lowest BCUT2D eigenvalue weighted by molar-refractivity contribution is -0.118. The number of rotatable bonds is 5. The van der Waals surface area contributed by atoms with E-state index in [1.165, 1.54) is 4.90 Å². The third-order valence-corrected chi connectivity index (χ3v) is 5.66. The Hall–Kier alpha value is -3.95. The number of hydrogen-bond donors (Lipinski definition) is 1. The van der Waals surface area contributed by atoms with Gasteiger partial charge in [0.15, 0.2) is 0 Å². The molecule has 7 heteroatoms. The summed E-state index contributed by atoms with van der Waals surface area (Å²) in [6, 6.07) is 18.8. The highest BCUT2D eigenvalue weighted by Gasteiger charge is 2.33. The van der Waals surface area contributed by atoms with Gasteiger partial charge in [-0.2, -0.15) is 5.26 Å². The molecule has 1 N–H and O–H groups in total. The van der Waals surface area contributed by atoms with Gasteiger partial charge in [0.05, 0.1) is 16.6 Å². The number of carbonyl (C=O) groups excluding carboxylic acids is 1. The molecule has 32 heavy (non-hydrogen) atoms. The number of benzene rings is 2. The summed E-state index contributed by atoms with van der Waals surface area (Å²) in [6.45, 7) is 1.75. The molecule has 4 rings (SSSR count). The first-order valence-electron chi connectivity index (χ1n) is 10.0. The van der Waals surface area contributed by atoms with Crippen LogP contribution in [0.3, 0.4) is 0 Å². The normalized spacial score (nSPS) is 11.7. The zero-order valence-electron chi connectivity index (χ0n) is 17.2. The quantitative estimate of drug-likeness (QED) is 0.447. The van der Waals surface area contributed by atoms with Gasteiger partial charge in [0.25, 0.3) is 0 Å². The third kappa shape index (κ3) is 3.75. The number of aromatic hydroxyl groups is 1. The monoisotopic (exact) mass is 442 g/mol. The van der Waals surface area contributed by atoms with Gasteiger partial charge < -0.3 is 5.11 Å². The number of pyridine rings is 2. The van der Waals surface area contributed by atoms with Crippen LogP contribution in [0.25, 0.3) is 10.9 Å². The molecule has 2 heterocycles. The second kappa shape index (κ2) is 9.04. The Morgan fingerprint density at radius 3 is 2.59 bits per heavy atom. The minimum Gasteiger partial charge on any atom is -0.505 e. The van der Waals surface area contributed by atoms with Gasteiger partial charge in [-0.3, -0.25) is 14.7 Å². The Morgan fingerprint density at radius 2 is 1.88 bits per heavy atom. The topological polar surface area (TPSA) is 90.1 Å². The smallest absolute Gasteiger partial charge is 0.228 e. The molecule has 0 saturated heterocycles. The number of halogens is 1. The molecule has 0 aliphatic rings. The molecule has 2 aromatic heterocycles. The maximum atomic E-state index is 13.2. The molecule has 0 saturated carbocycles. The average molecular weight is 443 g/mol. The molecule has 4 aromatic rings. The fourth-order valence-electron chi connectivity index (χ4n) is 3.73. The molecule has 1 atom stereocenters. The first-order valence-corrected chi connectivity index (χ1v) is 10.4. The summed E-state index contributed by atoms with van der Waals surface area (Å²) in [4.78, 5) is 23.4. The highest BCUT2D eigenvalue weighted by atomic mass is 35.5. The van der Waals surface area contributed by atoms with Gasteiger partial charge in [0.1, 0.15) is 23.2 Å². The molecule has 158 valence electrons. The van der Waals surface area contributed by atoms with Crippen LogP contribution in [0.15, 0.2) is 73.1 Å². The van der Waals surface area contributed by atoms with E-state index in [1.807, 2.05) is 12.1 Å². The van der Waals surface area contributed by atoms with E-state index >= 15 is 0 Å². The van der Waals surface area contributed by atoms with Crippen molar-refractivity contribution in [1.82, 2.24) is 9.97 Å². The second-order valence-corrected chi connectivity index (χ2v) is 7.48. The van der Waals surface area contributed by atoms with E-state index in [0.29, 0.717) is 22.5 Å². The van der Waals surface area contributed by atoms with Crippen LogP contribution in [0.4, 0.5) is 5.82 Å². The highest BCUT2D eigenvalue weighted by molar-refractivity contribution is 6.32. The molecule has 0 bridgehead atoms. The molecule has 0 spiro atoms. The van der Waals surface area contributed by atoms with Crippen LogP contribution >= 0.6 is 11.6 Å². The summed E-state index contributed by atoms with van der Waals surface area (Å²) in [7, 11) is 0. The number of fused-ring (bicyclic) bond motifs is 1. The minimum absolute atomic E-state index is 0.0589. The average Bonchev–Trinajstić information content (AvgIpc) is 2.84. The molecule has 0 aliphatic heterocycles. The molecular weight excluding hydrogens is 424 g/mol. The van der Waals surface area contributed by atoms with Crippen LogP contribution < -0.4 is 4.90 Å². The van der Waals surface area contributed by atoms with Gasteiger partial charge in [-0.05, 0) is 29.8 Å². The first kappa shape index (κ1) is 21.3. The zero-order valence-corrected chi connectivity index (χ0v) is 18.0. The lowest BCUT2D eigenvalue weighted by Crippen LogP contribution is -2.36. The second-order valence-electron chi connectivity index (χ2n) is 7.11. The molecule has 0 fully saturated rings. The van der Waals surface area contributed by atoms with Crippen LogP contribution in [0.2, 0.25) is 5.02 Å². The molecular formula is C25H19ClN4O2. The fourth-order valence-corrected chi connectivity index (χ4v) is 4.00. The molecule has 1 unspecified atom stereocenters. The molecule has 0 aliphatic carbocycles. The Balaban J connectivity index is 2.05. The van der Waals surface area contributed by atoms with E-state index in [9.17, 15) is 15.2 Å². The van der Waals surface area contributed by atoms with Crippen molar-refractivity contribution >= 4 is 34.2 Å². The predicted octanol–water partition coefficient (Wildman–Crippen LogP) is 5.39. The van der Waals surface area contributed by atoms with Crippen LogP contribution in [0.5, 0.6) is 5.75 Å². The zero-order chi connectivity index (χ0) is 22.7. The summed E-state index contributed by atoms with van der Waals surface area (Å²) < 4.78 is 0. The van der Waals surface area contributed by atoms with E-state index in [0.717, 1.165) is 5.39 Å². The molecule has 1 amide bonds. The summed E-state index contributed by atoms with van der Waals surface area (Å²) in [6.07, 6.45) is 3.39. The lowest BCUT2D eigenvalue weighted by atomic mass is 9.93. The number of aromatic nitrogens is 2. The van der Waals surface area contributed by atoms with Crippen LogP contribution in [0.1, 0.15) is 36.1 Å². The Labute approximate surface area is 190 Å². The molecule has 6 nitrogen and oxygen atoms in total. The van der Waals surface area contributed by atoms with Gasteiger partial charge in [0, 0.05) is 29.8 Å². The van der Waals surface area contributed by atoms with Crippen LogP contribution in [-0.4, -0.2) is 21.0 Å². The van der Waals surface area contributed by atoms with Crippen LogP contribution in [0, 0.1) is 11.3 Å². The third-order valence-electron chi connectivity index (χ3n) is 5.24. The summed E-state index contributed by atoms with van der Waals surface area (Å²) >= 11 is 6.63. The Bertz CT molecular complexity index is 1340. The van der Waals surface area contributed by atoms with E-state index in [-0.39, 0.29) is 28.7 Å². The number of carbonyl (C=O) groups is 1. The van der Waals surface area contributed by atoms with Crippen molar-refractivity contribution in [3.05, 3.63) is 94.8 Å². The van der Waals surface area contributed by atoms with Gasteiger partial charge in [-0.15, -0.1) is 0 Å². The Kier molecular flexibility index (Phi) is 6.02. The number of nitriles is 1. The standard InChI is InChI=1S/C25H19ClN4O2/c1-2-21(31)30(20-10-3-4-13-28-20)24(18-9-5-7-17(15-27)22(18)26)19-12-11-16-8-6-14-29-23(16)25(19)32/h3-14,24,32H,2H2,1H3. The number of hydrogen-bond acceptors (Lipinski definition) is 5. The first-order chi connectivity index (χ1) is 15.6. The van der Waals surface area contributed by atoms with Gasteiger partial charge in [-0.25, -0.2) is 4.98 Å². The maximum absolute atomic E-state index is 13.2. The van der Waals surface area contributed by atoms with Crippen molar-refractivity contribution in [2.45, 2.75) is 19.4 Å². The fraction of sp³-hybridized carbons (Fsp3) is 0.120. The maximum Gasteiger partial charge on any atom is 0.228 e. The van der Waals surface area contributed by atoms with Crippen molar-refractivity contribution in [3.63, 3.8) is 0 Å². The van der Waals surface area contributed by atoms with E-state index in [4.69, 9.17) is 11.6 Å². The number of phenols is 1. The predicted molar refractivity (Wildman–Crippen MR) is 123 cm³/mol. The van der Waals surface area contributed by atoms with Gasteiger partial charge in [-0.1, -0.05) is 54.9 Å². The van der Waals surface area contributed by atoms with Crippen molar-refractivity contribution in [2.24, 2.45) is 0 Å². The van der Waals surface area contributed by atoms with E-state index in [2.05, 4.69) is 16.0 Å². The molecule has 0 radical (unpaired) electrons. The highest BCUT2D eigenvalue weighted by Crippen LogP contribution is 2.42. The summed E-state index contributed by atoms with van der Waals surface area (Å²) in [5, 5.41) is 21.7. The SMILES string of the molecule is CCC(=O)N(c1ccccn1)C(c1cccc(C#N)c1Cl)c1ccc2cccnc2c1O. The van der Waals surface area contributed by atoms with Crippen molar-refractivity contribution in [3.8, 4) is 11.8 Å².